The van der Waals surface area contributed by atoms with Crippen LogP contribution in [0.2, 0.25) is 0 Å². The van der Waals surface area contributed by atoms with Crippen molar-refractivity contribution in [1.29, 1.82) is 0 Å². The molecule has 3 amide bonds. The number of carbonyl (C=O) groups excluding carboxylic acids is 2. The molecule has 28 heavy (non-hydrogen) atoms. The highest BCUT2D eigenvalue weighted by molar-refractivity contribution is 7.91. The van der Waals surface area contributed by atoms with E-state index in [2.05, 4.69) is 13.8 Å². The molecule has 0 aliphatic carbocycles. The quantitative estimate of drug-likeness (QED) is 0.602. The average Bonchev–Trinajstić information content (AvgIpc) is 2.79. The molecule has 2 bridgehead atoms. The van der Waals surface area contributed by atoms with Crippen molar-refractivity contribution in [3.05, 3.63) is 0 Å². The van der Waals surface area contributed by atoms with Crippen LogP contribution in [0.1, 0.15) is 41.0 Å². The Morgan fingerprint density at radius 1 is 1.00 bits per heavy atom. The first-order chi connectivity index (χ1) is 12.8. The van der Waals surface area contributed by atoms with Gasteiger partial charge >= 0.3 is 12.1 Å². The Morgan fingerprint density at radius 3 is 2.18 bits per heavy atom. The number of sulfone groups is 1. The molecule has 2 unspecified atom stereocenters. The van der Waals surface area contributed by atoms with Gasteiger partial charge in [-0.1, -0.05) is 13.8 Å². The Morgan fingerprint density at radius 2 is 1.61 bits per heavy atom. The molecule has 0 aromatic rings. The van der Waals surface area contributed by atoms with Crippen molar-refractivity contribution in [1.82, 2.24) is 14.7 Å². The predicted octanol–water partition coefficient (Wildman–Crippen LogP) is 1.80. The van der Waals surface area contributed by atoms with Crippen LogP contribution >= 0.6 is 0 Å². The topological polar surface area (TPSA) is 87.2 Å². The SMILES string of the molecule is CC(C)(C)OC(=O)N1CC2CN(C(=O)N3CCS(=O)(=O)CC3)CC1C(C)(C)C2. The van der Waals surface area contributed by atoms with Gasteiger partial charge in [0.1, 0.15) is 5.60 Å². The van der Waals surface area contributed by atoms with Crippen LogP contribution in [0.5, 0.6) is 0 Å². The molecule has 0 spiro atoms. The highest BCUT2D eigenvalue weighted by Gasteiger charge is 2.49. The van der Waals surface area contributed by atoms with E-state index in [0.29, 0.717) is 19.6 Å². The van der Waals surface area contributed by atoms with Crippen molar-refractivity contribution in [2.75, 3.05) is 44.2 Å². The fourth-order valence-corrected chi connectivity index (χ4v) is 5.82. The predicted molar refractivity (Wildman–Crippen MR) is 106 cm³/mol. The number of piperidine rings is 1. The minimum atomic E-state index is -3.03. The summed E-state index contributed by atoms with van der Waals surface area (Å²) in [6.07, 6.45) is 0.614. The lowest BCUT2D eigenvalue weighted by molar-refractivity contribution is -0.0204. The second kappa shape index (κ2) is 7.07. The van der Waals surface area contributed by atoms with E-state index in [-0.39, 0.29) is 54.1 Å². The molecule has 9 heteroatoms. The second-order valence-corrected chi connectivity index (χ2v) is 12.3. The zero-order valence-electron chi connectivity index (χ0n) is 17.6. The number of amides is 3. The van der Waals surface area contributed by atoms with Gasteiger partial charge in [-0.25, -0.2) is 18.0 Å². The minimum Gasteiger partial charge on any atom is -0.444 e. The largest absolute Gasteiger partial charge is 0.444 e. The monoisotopic (exact) mass is 415 g/mol. The molecular weight excluding hydrogens is 382 g/mol. The second-order valence-electron chi connectivity index (χ2n) is 10.0. The maximum absolute atomic E-state index is 13.1. The van der Waals surface area contributed by atoms with Crippen LogP contribution in [-0.4, -0.2) is 91.1 Å². The van der Waals surface area contributed by atoms with Gasteiger partial charge in [0, 0.05) is 32.7 Å². The first-order valence-corrected chi connectivity index (χ1v) is 11.8. The number of urea groups is 1. The summed E-state index contributed by atoms with van der Waals surface area (Å²) in [5.41, 5.74) is -0.693. The van der Waals surface area contributed by atoms with Gasteiger partial charge in [0.15, 0.2) is 9.84 Å². The molecule has 0 N–H and O–H groups in total. The van der Waals surface area contributed by atoms with Crippen LogP contribution in [0.25, 0.3) is 0 Å². The van der Waals surface area contributed by atoms with E-state index in [1.165, 1.54) is 0 Å². The summed E-state index contributed by atoms with van der Waals surface area (Å²) in [4.78, 5) is 31.1. The summed E-state index contributed by atoms with van der Waals surface area (Å²) in [5, 5.41) is 0. The van der Waals surface area contributed by atoms with Gasteiger partial charge in [-0.05, 0) is 38.5 Å². The summed E-state index contributed by atoms with van der Waals surface area (Å²) in [5.74, 6) is 0.225. The molecule has 160 valence electrons. The van der Waals surface area contributed by atoms with Crippen LogP contribution in [0.3, 0.4) is 0 Å². The molecule has 0 aromatic heterocycles. The smallest absolute Gasteiger partial charge is 0.410 e. The van der Waals surface area contributed by atoms with Crippen molar-refractivity contribution in [2.45, 2.75) is 52.7 Å². The van der Waals surface area contributed by atoms with E-state index in [0.717, 1.165) is 6.42 Å². The van der Waals surface area contributed by atoms with Gasteiger partial charge in [-0.2, -0.15) is 0 Å². The molecular formula is C19H33N3O5S. The van der Waals surface area contributed by atoms with Crippen molar-refractivity contribution in [3.63, 3.8) is 0 Å². The van der Waals surface area contributed by atoms with E-state index in [9.17, 15) is 18.0 Å². The van der Waals surface area contributed by atoms with Gasteiger partial charge in [0.25, 0.3) is 0 Å². The number of carbonyl (C=O) groups is 2. The molecule has 2 atom stereocenters. The average molecular weight is 416 g/mol. The number of hydrogen-bond acceptors (Lipinski definition) is 5. The lowest BCUT2D eigenvalue weighted by Crippen LogP contribution is -2.57. The standard InChI is InChI=1S/C19H33N3O5S/c1-18(2,3)27-17(24)22-12-14-10-19(4,5)15(22)13-21(11-14)16(23)20-6-8-28(25,26)9-7-20/h14-15H,6-13H2,1-5H3. The number of ether oxygens (including phenoxy) is 1. The summed E-state index contributed by atoms with van der Waals surface area (Å²) >= 11 is 0. The van der Waals surface area contributed by atoms with E-state index in [1.54, 1.807) is 9.80 Å². The third kappa shape index (κ3) is 4.55. The minimum absolute atomic E-state index is 0.0228. The van der Waals surface area contributed by atoms with Crippen molar-refractivity contribution >= 4 is 22.0 Å². The Balaban J connectivity index is 1.76. The van der Waals surface area contributed by atoms with Crippen LogP contribution < -0.4 is 0 Å². The van der Waals surface area contributed by atoms with Crippen molar-refractivity contribution < 1.29 is 22.7 Å². The molecule has 4 fully saturated rings. The Bertz CT molecular complexity index is 729. The normalized spacial score (nSPS) is 29.4. The number of fused-ring (bicyclic) bond motifs is 4. The Labute approximate surface area is 168 Å². The lowest BCUT2D eigenvalue weighted by Gasteiger charge is -2.46. The summed E-state index contributed by atoms with van der Waals surface area (Å²) < 4.78 is 29.0. The zero-order chi connectivity index (χ0) is 20.9. The number of hydrogen-bond donors (Lipinski definition) is 0. The molecule has 4 heterocycles. The summed E-state index contributed by atoms with van der Waals surface area (Å²) in [6.45, 7) is 11.9. The Kier molecular flexibility index (Phi) is 5.36. The molecule has 4 aliphatic heterocycles. The van der Waals surface area contributed by atoms with Crippen molar-refractivity contribution in [2.24, 2.45) is 11.3 Å². The molecule has 4 saturated heterocycles. The summed E-state index contributed by atoms with van der Waals surface area (Å²) in [7, 11) is -3.03. The van der Waals surface area contributed by atoms with E-state index in [1.807, 2.05) is 25.7 Å². The fraction of sp³-hybridized carbons (Fsp3) is 0.895. The Hall–Kier alpha value is -1.51. The van der Waals surface area contributed by atoms with Crippen molar-refractivity contribution in [3.8, 4) is 0 Å². The molecule has 4 rings (SSSR count). The maximum Gasteiger partial charge on any atom is 0.410 e. The zero-order valence-corrected chi connectivity index (χ0v) is 18.4. The highest BCUT2D eigenvalue weighted by atomic mass is 32.2. The lowest BCUT2D eigenvalue weighted by atomic mass is 9.74. The highest BCUT2D eigenvalue weighted by Crippen LogP contribution is 2.42. The van der Waals surface area contributed by atoms with E-state index in [4.69, 9.17) is 4.74 Å². The van der Waals surface area contributed by atoms with E-state index >= 15 is 0 Å². The number of nitrogens with zero attached hydrogens (tertiary/aromatic N) is 3. The van der Waals surface area contributed by atoms with Crippen LogP contribution in [0.15, 0.2) is 0 Å². The van der Waals surface area contributed by atoms with E-state index < -0.39 is 15.4 Å². The van der Waals surface area contributed by atoms with Gasteiger partial charge in [-0.15, -0.1) is 0 Å². The van der Waals surface area contributed by atoms with Gasteiger partial charge in [0.2, 0.25) is 0 Å². The third-order valence-electron chi connectivity index (χ3n) is 5.93. The first-order valence-electron chi connectivity index (χ1n) is 10.0. The van der Waals surface area contributed by atoms with Crippen LogP contribution in [-0.2, 0) is 14.6 Å². The molecule has 4 aliphatic rings. The molecule has 0 saturated carbocycles. The molecule has 0 aromatic carbocycles. The first kappa shape index (κ1) is 21.2. The third-order valence-corrected chi connectivity index (χ3v) is 7.54. The van der Waals surface area contributed by atoms with Crippen LogP contribution in [0, 0.1) is 11.3 Å². The van der Waals surface area contributed by atoms with Gasteiger partial charge in [0.05, 0.1) is 17.5 Å². The fourth-order valence-electron chi connectivity index (χ4n) is 4.62. The number of rotatable bonds is 0. The van der Waals surface area contributed by atoms with Gasteiger partial charge in [-0.3, -0.25) is 0 Å². The molecule has 0 radical (unpaired) electrons. The summed E-state index contributed by atoms with van der Waals surface area (Å²) in [6, 6.07) is -0.243. The molecule has 8 nitrogen and oxygen atoms in total. The maximum atomic E-state index is 13.1. The van der Waals surface area contributed by atoms with Gasteiger partial charge < -0.3 is 19.4 Å². The van der Waals surface area contributed by atoms with Crippen LogP contribution in [0.4, 0.5) is 9.59 Å².